The lowest BCUT2D eigenvalue weighted by molar-refractivity contribution is -0.157. The van der Waals surface area contributed by atoms with Crippen molar-refractivity contribution in [2.24, 2.45) is 0 Å². The van der Waals surface area contributed by atoms with E-state index in [1.165, 1.54) is 0 Å². The van der Waals surface area contributed by atoms with E-state index >= 15 is 0 Å². The molecular weight excluding hydrogens is 258 g/mol. The van der Waals surface area contributed by atoms with Crippen molar-refractivity contribution in [3.8, 4) is 0 Å². The number of carbonyl (C=O) groups is 1. The highest BCUT2D eigenvalue weighted by Crippen LogP contribution is 2.45. The average Bonchev–Trinajstić information content (AvgIpc) is 3.19. The van der Waals surface area contributed by atoms with Gasteiger partial charge < -0.3 is 14.8 Å². The summed E-state index contributed by atoms with van der Waals surface area (Å²) in [6, 6.07) is 1.70. The molecule has 0 spiro atoms. The van der Waals surface area contributed by atoms with Crippen molar-refractivity contribution in [3.05, 3.63) is 18.1 Å². The van der Waals surface area contributed by atoms with Crippen molar-refractivity contribution in [3.63, 3.8) is 0 Å². The number of ether oxygens (including phenoxy) is 2. The minimum absolute atomic E-state index is 0.0818. The van der Waals surface area contributed by atoms with Crippen LogP contribution >= 0.6 is 0 Å². The van der Waals surface area contributed by atoms with E-state index in [9.17, 15) is 4.79 Å². The Morgan fingerprint density at radius 2 is 2.15 bits per heavy atom. The number of hydrogen-bond donors (Lipinski definition) is 1. The zero-order valence-corrected chi connectivity index (χ0v) is 11.8. The molecule has 6 heteroatoms. The normalized spacial score (nSPS) is 27.9. The number of rotatable bonds is 3. The standard InChI is InChI=1S/C14H19N3O3/c1-9-11(20-8-7-19-9)12(18)16-10-3-6-15-13(17-10)14(2)4-5-14/h3,6,9,11H,4-5,7-8H2,1-2H3,(H,15,16,17,18)/t9-,11-/m0/s1. The Bertz CT molecular complexity index is 516. The third-order valence-corrected chi connectivity index (χ3v) is 3.89. The molecule has 20 heavy (non-hydrogen) atoms. The summed E-state index contributed by atoms with van der Waals surface area (Å²) in [4.78, 5) is 20.9. The van der Waals surface area contributed by atoms with E-state index in [1.807, 2.05) is 6.92 Å². The largest absolute Gasteiger partial charge is 0.373 e. The summed E-state index contributed by atoms with van der Waals surface area (Å²) in [6.45, 7) is 4.94. The average molecular weight is 277 g/mol. The molecule has 1 saturated carbocycles. The molecule has 2 atom stereocenters. The maximum absolute atomic E-state index is 12.2. The fourth-order valence-electron chi connectivity index (χ4n) is 2.25. The third kappa shape index (κ3) is 2.66. The van der Waals surface area contributed by atoms with Gasteiger partial charge in [0.2, 0.25) is 0 Å². The summed E-state index contributed by atoms with van der Waals surface area (Å²) in [7, 11) is 0. The van der Waals surface area contributed by atoms with Crippen molar-refractivity contribution >= 4 is 11.7 Å². The molecule has 1 aliphatic heterocycles. The topological polar surface area (TPSA) is 73.3 Å². The fourth-order valence-corrected chi connectivity index (χ4v) is 2.25. The van der Waals surface area contributed by atoms with Crippen molar-refractivity contribution in [2.45, 2.75) is 44.3 Å². The van der Waals surface area contributed by atoms with E-state index in [-0.39, 0.29) is 17.4 Å². The van der Waals surface area contributed by atoms with Gasteiger partial charge in [-0.2, -0.15) is 0 Å². The van der Waals surface area contributed by atoms with Crippen LogP contribution in [-0.4, -0.2) is 41.3 Å². The smallest absolute Gasteiger partial charge is 0.257 e. The third-order valence-electron chi connectivity index (χ3n) is 3.89. The van der Waals surface area contributed by atoms with Gasteiger partial charge in [-0.15, -0.1) is 0 Å². The molecule has 2 aliphatic rings. The first-order valence-electron chi connectivity index (χ1n) is 6.96. The first-order chi connectivity index (χ1) is 9.58. The highest BCUT2D eigenvalue weighted by molar-refractivity contribution is 5.93. The molecule has 6 nitrogen and oxygen atoms in total. The summed E-state index contributed by atoms with van der Waals surface area (Å²) in [5.74, 6) is 1.10. The first-order valence-corrected chi connectivity index (χ1v) is 6.96. The summed E-state index contributed by atoms with van der Waals surface area (Å²) < 4.78 is 10.9. The summed E-state index contributed by atoms with van der Waals surface area (Å²) >= 11 is 0. The minimum Gasteiger partial charge on any atom is -0.373 e. The Kier molecular flexibility index (Phi) is 3.43. The highest BCUT2D eigenvalue weighted by atomic mass is 16.6. The van der Waals surface area contributed by atoms with Crippen LogP contribution in [0.5, 0.6) is 0 Å². The number of nitrogens with one attached hydrogen (secondary N) is 1. The molecule has 2 heterocycles. The second-order valence-electron chi connectivity index (χ2n) is 5.68. The van der Waals surface area contributed by atoms with Gasteiger partial charge in [0.05, 0.1) is 19.3 Å². The molecule has 0 radical (unpaired) electrons. The predicted molar refractivity (Wildman–Crippen MR) is 72.4 cm³/mol. The highest BCUT2D eigenvalue weighted by Gasteiger charge is 2.42. The lowest BCUT2D eigenvalue weighted by atomic mass is 10.1. The van der Waals surface area contributed by atoms with Gasteiger partial charge in [0.1, 0.15) is 11.6 Å². The van der Waals surface area contributed by atoms with Gasteiger partial charge in [0.25, 0.3) is 5.91 Å². The monoisotopic (exact) mass is 277 g/mol. The van der Waals surface area contributed by atoms with Gasteiger partial charge in [0, 0.05) is 11.6 Å². The molecular formula is C14H19N3O3. The van der Waals surface area contributed by atoms with Crippen LogP contribution in [0.25, 0.3) is 0 Å². The Morgan fingerprint density at radius 1 is 1.40 bits per heavy atom. The quantitative estimate of drug-likeness (QED) is 0.900. The molecule has 1 amide bonds. The molecule has 0 aromatic carbocycles. The van der Waals surface area contributed by atoms with Gasteiger partial charge in [-0.25, -0.2) is 9.97 Å². The maximum Gasteiger partial charge on any atom is 0.257 e. The van der Waals surface area contributed by atoms with E-state index in [0.717, 1.165) is 18.7 Å². The molecule has 0 unspecified atom stereocenters. The van der Waals surface area contributed by atoms with Gasteiger partial charge in [-0.1, -0.05) is 6.92 Å². The van der Waals surface area contributed by atoms with E-state index < -0.39 is 6.10 Å². The van der Waals surface area contributed by atoms with Crippen molar-refractivity contribution in [1.29, 1.82) is 0 Å². The van der Waals surface area contributed by atoms with Crippen LogP contribution in [-0.2, 0) is 19.7 Å². The lowest BCUT2D eigenvalue weighted by Crippen LogP contribution is -2.44. The number of nitrogens with zero attached hydrogens (tertiary/aromatic N) is 2. The minimum atomic E-state index is -0.585. The molecule has 1 aromatic rings. The Balaban J connectivity index is 1.69. The maximum atomic E-state index is 12.2. The van der Waals surface area contributed by atoms with Crippen molar-refractivity contribution < 1.29 is 14.3 Å². The van der Waals surface area contributed by atoms with Gasteiger partial charge in [-0.05, 0) is 25.8 Å². The van der Waals surface area contributed by atoms with Crippen LogP contribution < -0.4 is 5.32 Å². The second-order valence-corrected chi connectivity index (χ2v) is 5.68. The lowest BCUT2D eigenvalue weighted by Gasteiger charge is -2.28. The van der Waals surface area contributed by atoms with Crippen LogP contribution in [0.1, 0.15) is 32.5 Å². The summed E-state index contributed by atoms with van der Waals surface area (Å²) in [6.07, 6.45) is 3.05. The van der Waals surface area contributed by atoms with Crippen LogP contribution in [0.2, 0.25) is 0 Å². The van der Waals surface area contributed by atoms with Crippen LogP contribution in [0.4, 0.5) is 5.82 Å². The van der Waals surface area contributed by atoms with E-state index in [2.05, 4.69) is 22.2 Å². The zero-order chi connectivity index (χ0) is 14.2. The van der Waals surface area contributed by atoms with E-state index in [4.69, 9.17) is 9.47 Å². The Morgan fingerprint density at radius 3 is 2.85 bits per heavy atom. The predicted octanol–water partition coefficient (Wildman–Crippen LogP) is 1.27. The molecule has 1 N–H and O–H groups in total. The summed E-state index contributed by atoms with van der Waals surface area (Å²) in [5.41, 5.74) is 0.0818. The van der Waals surface area contributed by atoms with E-state index in [1.54, 1.807) is 12.3 Å². The van der Waals surface area contributed by atoms with Crippen molar-refractivity contribution in [1.82, 2.24) is 9.97 Å². The molecule has 3 rings (SSSR count). The second kappa shape index (κ2) is 5.10. The number of hydrogen-bond acceptors (Lipinski definition) is 5. The molecule has 1 aliphatic carbocycles. The number of anilines is 1. The molecule has 1 aromatic heterocycles. The number of aromatic nitrogens is 2. The number of carbonyl (C=O) groups excluding carboxylic acids is 1. The molecule has 2 fully saturated rings. The SMILES string of the molecule is C[C@@H]1OCCO[C@@H]1C(=O)Nc1ccnc(C2(C)CC2)n1. The van der Waals surface area contributed by atoms with Crippen LogP contribution in [0.3, 0.4) is 0 Å². The number of amides is 1. The van der Waals surface area contributed by atoms with Crippen molar-refractivity contribution in [2.75, 3.05) is 18.5 Å². The van der Waals surface area contributed by atoms with Crippen LogP contribution in [0.15, 0.2) is 12.3 Å². The van der Waals surface area contributed by atoms with Gasteiger partial charge >= 0.3 is 0 Å². The Labute approximate surface area is 117 Å². The first kappa shape index (κ1) is 13.5. The van der Waals surface area contributed by atoms with E-state index in [0.29, 0.717) is 19.0 Å². The van der Waals surface area contributed by atoms with Gasteiger partial charge in [0.15, 0.2) is 6.10 Å². The fraction of sp³-hybridized carbons (Fsp3) is 0.643. The summed E-state index contributed by atoms with van der Waals surface area (Å²) in [5, 5.41) is 2.79. The molecule has 108 valence electrons. The van der Waals surface area contributed by atoms with Crippen LogP contribution in [0, 0.1) is 0 Å². The van der Waals surface area contributed by atoms with Gasteiger partial charge in [-0.3, -0.25) is 4.79 Å². The zero-order valence-electron chi connectivity index (χ0n) is 11.8. The molecule has 1 saturated heterocycles. The Hall–Kier alpha value is -1.53. The molecule has 0 bridgehead atoms.